The standard InChI is InChI=1S/C19H17N3O2/c1-24-17-11-9-16(10-12-17)21-15-7-5-14(6-8-15)19(23)22-18-4-2-3-13-20-18/h2-13,21H,1H3,(H,20,22,23). The first kappa shape index (κ1) is 15.6. The Morgan fingerprint density at radius 3 is 2.17 bits per heavy atom. The van der Waals surface area contributed by atoms with E-state index in [-0.39, 0.29) is 5.91 Å². The van der Waals surface area contributed by atoms with Crippen molar-refractivity contribution >= 4 is 23.1 Å². The average Bonchev–Trinajstić information content (AvgIpc) is 2.64. The molecule has 120 valence electrons. The van der Waals surface area contributed by atoms with Crippen LogP contribution in [-0.2, 0) is 0 Å². The minimum Gasteiger partial charge on any atom is -0.497 e. The van der Waals surface area contributed by atoms with E-state index in [2.05, 4.69) is 15.6 Å². The van der Waals surface area contributed by atoms with Crippen molar-refractivity contribution in [1.82, 2.24) is 4.98 Å². The number of ether oxygens (including phenoxy) is 1. The number of carbonyl (C=O) groups is 1. The molecule has 1 amide bonds. The molecule has 0 radical (unpaired) electrons. The maximum absolute atomic E-state index is 12.2. The maximum Gasteiger partial charge on any atom is 0.256 e. The fourth-order valence-electron chi connectivity index (χ4n) is 2.17. The smallest absolute Gasteiger partial charge is 0.256 e. The first-order chi connectivity index (χ1) is 11.7. The summed E-state index contributed by atoms with van der Waals surface area (Å²) in [6, 6.07) is 20.3. The van der Waals surface area contributed by atoms with Gasteiger partial charge in [0.15, 0.2) is 0 Å². The highest BCUT2D eigenvalue weighted by Gasteiger charge is 2.06. The quantitative estimate of drug-likeness (QED) is 0.743. The van der Waals surface area contributed by atoms with Crippen molar-refractivity contribution in [2.75, 3.05) is 17.7 Å². The lowest BCUT2D eigenvalue weighted by Crippen LogP contribution is -2.12. The first-order valence-corrected chi connectivity index (χ1v) is 7.48. The predicted molar refractivity (Wildman–Crippen MR) is 94.9 cm³/mol. The van der Waals surface area contributed by atoms with E-state index in [9.17, 15) is 4.79 Å². The summed E-state index contributed by atoms with van der Waals surface area (Å²) >= 11 is 0. The summed E-state index contributed by atoms with van der Waals surface area (Å²) in [5.41, 5.74) is 2.41. The Hall–Kier alpha value is -3.34. The van der Waals surface area contributed by atoms with Crippen LogP contribution >= 0.6 is 0 Å². The Kier molecular flexibility index (Phi) is 4.72. The number of hydrogen-bond acceptors (Lipinski definition) is 4. The minimum atomic E-state index is -0.190. The lowest BCUT2D eigenvalue weighted by Gasteiger charge is -2.09. The summed E-state index contributed by atoms with van der Waals surface area (Å²) in [5.74, 6) is 1.15. The third kappa shape index (κ3) is 3.89. The molecule has 2 N–H and O–H groups in total. The molecule has 3 rings (SSSR count). The zero-order valence-corrected chi connectivity index (χ0v) is 13.2. The molecular formula is C19H17N3O2. The largest absolute Gasteiger partial charge is 0.497 e. The van der Waals surface area contributed by atoms with Crippen molar-refractivity contribution in [2.45, 2.75) is 0 Å². The maximum atomic E-state index is 12.2. The highest BCUT2D eigenvalue weighted by Crippen LogP contribution is 2.20. The van der Waals surface area contributed by atoms with Crippen molar-refractivity contribution in [3.8, 4) is 5.75 Å². The van der Waals surface area contributed by atoms with Gasteiger partial charge in [-0.25, -0.2) is 4.98 Å². The van der Waals surface area contributed by atoms with Gasteiger partial charge in [0.25, 0.3) is 5.91 Å². The van der Waals surface area contributed by atoms with Gasteiger partial charge in [0.1, 0.15) is 11.6 Å². The number of benzene rings is 2. The van der Waals surface area contributed by atoms with E-state index in [0.717, 1.165) is 17.1 Å². The van der Waals surface area contributed by atoms with Gasteiger partial charge in [0.05, 0.1) is 7.11 Å². The van der Waals surface area contributed by atoms with Crippen LogP contribution in [0.3, 0.4) is 0 Å². The van der Waals surface area contributed by atoms with Crippen LogP contribution in [-0.4, -0.2) is 18.0 Å². The van der Waals surface area contributed by atoms with Gasteiger partial charge in [-0.2, -0.15) is 0 Å². The molecule has 1 heterocycles. The summed E-state index contributed by atoms with van der Waals surface area (Å²) in [6.07, 6.45) is 1.64. The number of rotatable bonds is 5. The SMILES string of the molecule is COc1ccc(Nc2ccc(C(=O)Nc3ccccn3)cc2)cc1. The van der Waals surface area contributed by atoms with E-state index in [4.69, 9.17) is 4.74 Å². The van der Waals surface area contributed by atoms with Gasteiger partial charge < -0.3 is 15.4 Å². The Morgan fingerprint density at radius 1 is 0.917 bits per heavy atom. The highest BCUT2D eigenvalue weighted by molar-refractivity contribution is 6.03. The molecule has 0 fully saturated rings. The molecule has 0 spiro atoms. The fraction of sp³-hybridized carbons (Fsp3) is 0.0526. The number of nitrogens with one attached hydrogen (secondary N) is 2. The second kappa shape index (κ2) is 7.28. The minimum absolute atomic E-state index is 0.190. The number of amides is 1. The average molecular weight is 319 g/mol. The molecule has 24 heavy (non-hydrogen) atoms. The molecule has 0 aliphatic rings. The van der Waals surface area contributed by atoms with E-state index in [1.54, 1.807) is 37.6 Å². The molecule has 0 saturated heterocycles. The van der Waals surface area contributed by atoms with E-state index < -0.39 is 0 Å². The first-order valence-electron chi connectivity index (χ1n) is 7.48. The monoisotopic (exact) mass is 319 g/mol. The van der Waals surface area contributed by atoms with Crippen LogP contribution < -0.4 is 15.4 Å². The molecule has 5 nitrogen and oxygen atoms in total. The van der Waals surface area contributed by atoms with E-state index >= 15 is 0 Å². The van der Waals surface area contributed by atoms with Crippen LogP contribution in [0.25, 0.3) is 0 Å². The Labute approximate surface area is 140 Å². The van der Waals surface area contributed by atoms with Gasteiger partial charge in [-0.05, 0) is 60.7 Å². The summed E-state index contributed by atoms with van der Waals surface area (Å²) in [7, 11) is 1.64. The van der Waals surface area contributed by atoms with Crippen LogP contribution in [0.2, 0.25) is 0 Å². The lowest BCUT2D eigenvalue weighted by atomic mass is 10.2. The molecule has 0 aliphatic carbocycles. The van der Waals surface area contributed by atoms with Crippen molar-refractivity contribution in [2.24, 2.45) is 0 Å². The van der Waals surface area contributed by atoms with Gasteiger partial charge in [0.2, 0.25) is 0 Å². The summed E-state index contributed by atoms with van der Waals surface area (Å²) in [6.45, 7) is 0. The zero-order valence-electron chi connectivity index (χ0n) is 13.2. The van der Waals surface area contributed by atoms with E-state index in [0.29, 0.717) is 11.4 Å². The third-order valence-corrected chi connectivity index (χ3v) is 3.43. The predicted octanol–water partition coefficient (Wildman–Crippen LogP) is 4.09. The molecule has 1 aromatic heterocycles. The number of pyridine rings is 1. The van der Waals surface area contributed by atoms with Gasteiger partial charge in [-0.1, -0.05) is 6.07 Å². The highest BCUT2D eigenvalue weighted by atomic mass is 16.5. The molecule has 2 aromatic carbocycles. The zero-order chi connectivity index (χ0) is 16.8. The topological polar surface area (TPSA) is 63.2 Å². The number of hydrogen-bond donors (Lipinski definition) is 2. The molecule has 0 atom stereocenters. The van der Waals surface area contributed by atoms with Crippen molar-refractivity contribution in [3.05, 3.63) is 78.5 Å². The van der Waals surface area contributed by atoms with Crippen LogP contribution in [0, 0.1) is 0 Å². The Morgan fingerprint density at radius 2 is 1.58 bits per heavy atom. The van der Waals surface area contributed by atoms with Crippen LogP contribution in [0.5, 0.6) is 5.75 Å². The van der Waals surface area contributed by atoms with Crippen LogP contribution in [0.1, 0.15) is 10.4 Å². The van der Waals surface area contributed by atoms with Gasteiger partial charge in [0, 0.05) is 23.1 Å². The second-order valence-corrected chi connectivity index (χ2v) is 5.10. The number of anilines is 3. The fourth-order valence-corrected chi connectivity index (χ4v) is 2.17. The van der Waals surface area contributed by atoms with Crippen molar-refractivity contribution in [3.63, 3.8) is 0 Å². The number of nitrogens with zero attached hydrogens (tertiary/aromatic N) is 1. The summed E-state index contributed by atoms with van der Waals surface area (Å²) in [4.78, 5) is 16.2. The molecular weight excluding hydrogens is 302 g/mol. The number of aromatic nitrogens is 1. The van der Waals surface area contributed by atoms with Crippen molar-refractivity contribution < 1.29 is 9.53 Å². The van der Waals surface area contributed by atoms with E-state index in [1.807, 2.05) is 42.5 Å². The molecule has 0 aliphatic heterocycles. The van der Waals surface area contributed by atoms with Crippen LogP contribution in [0.4, 0.5) is 17.2 Å². The molecule has 3 aromatic rings. The van der Waals surface area contributed by atoms with Gasteiger partial charge in [-0.3, -0.25) is 4.79 Å². The van der Waals surface area contributed by atoms with Crippen molar-refractivity contribution in [1.29, 1.82) is 0 Å². The normalized spacial score (nSPS) is 10.0. The number of carbonyl (C=O) groups excluding carboxylic acids is 1. The molecule has 0 unspecified atom stereocenters. The lowest BCUT2D eigenvalue weighted by molar-refractivity contribution is 0.102. The van der Waals surface area contributed by atoms with Crippen LogP contribution in [0.15, 0.2) is 72.9 Å². The Bertz CT molecular complexity index is 800. The molecule has 0 bridgehead atoms. The third-order valence-electron chi connectivity index (χ3n) is 3.43. The molecule has 0 saturated carbocycles. The van der Waals surface area contributed by atoms with E-state index in [1.165, 1.54) is 0 Å². The Balaban J connectivity index is 1.65. The summed E-state index contributed by atoms with van der Waals surface area (Å²) in [5, 5.41) is 6.03. The second-order valence-electron chi connectivity index (χ2n) is 5.10. The number of methoxy groups -OCH3 is 1. The molecule has 5 heteroatoms. The summed E-state index contributed by atoms with van der Waals surface area (Å²) < 4.78 is 5.13. The van der Waals surface area contributed by atoms with Gasteiger partial charge >= 0.3 is 0 Å². The van der Waals surface area contributed by atoms with Gasteiger partial charge in [-0.15, -0.1) is 0 Å².